The van der Waals surface area contributed by atoms with E-state index in [4.69, 9.17) is 4.74 Å². The van der Waals surface area contributed by atoms with E-state index in [-0.39, 0.29) is 11.2 Å². The van der Waals surface area contributed by atoms with E-state index < -0.39 is 0 Å². The van der Waals surface area contributed by atoms with Crippen LogP contribution in [0, 0.1) is 12.8 Å². The summed E-state index contributed by atoms with van der Waals surface area (Å²) in [5.41, 5.74) is 2.95. The molecule has 1 heterocycles. The average molecular weight is 425 g/mol. The number of ether oxygens (including phenoxy) is 1. The van der Waals surface area contributed by atoms with Gasteiger partial charge in [0.1, 0.15) is 5.75 Å². The van der Waals surface area contributed by atoms with Crippen LogP contribution in [0.2, 0.25) is 0 Å². The molecule has 6 nitrogen and oxygen atoms in total. The van der Waals surface area contributed by atoms with Gasteiger partial charge in [0, 0.05) is 12.2 Å². The van der Waals surface area contributed by atoms with Crippen LogP contribution in [-0.2, 0) is 4.79 Å². The Morgan fingerprint density at radius 2 is 1.80 bits per heavy atom. The summed E-state index contributed by atoms with van der Waals surface area (Å²) in [4.78, 5) is 12.5. The molecular weight excluding hydrogens is 396 g/mol. The van der Waals surface area contributed by atoms with Crippen LogP contribution in [0.4, 0.5) is 0 Å². The number of amides is 1. The van der Waals surface area contributed by atoms with Crippen molar-refractivity contribution in [1.82, 2.24) is 20.1 Å². The van der Waals surface area contributed by atoms with E-state index in [0.29, 0.717) is 23.4 Å². The Kier molecular flexibility index (Phi) is 7.15. The molecule has 0 saturated carbocycles. The maximum absolute atomic E-state index is 12.5. The van der Waals surface area contributed by atoms with Gasteiger partial charge < -0.3 is 10.1 Å². The Hall–Kier alpha value is -2.80. The summed E-state index contributed by atoms with van der Waals surface area (Å²) in [6.07, 6.45) is 0. The molecule has 7 heteroatoms. The summed E-state index contributed by atoms with van der Waals surface area (Å²) in [5.74, 6) is 1.79. The standard InChI is InChI=1S/C23H28N4O2S/c1-15(2)14-24-22(28)17(4)30-23-26-25-21(19-8-6-7-9-20(19)29-5)27(23)18-12-10-16(3)11-13-18/h6-13,15,17H,14H2,1-5H3,(H,24,28). The molecule has 0 bridgehead atoms. The van der Waals surface area contributed by atoms with Gasteiger partial charge in [-0.25, -0.2) is 0 Å². The van der Waals surface area contributed by atoms with Crippen LogP contribution in [0.3, 0.4) is 0 Å². The molecule has 1 N–H and O–H groups in total. The second-order valence-electron chi connectivity index (χ2n) is 7.58. The van der Waals surface area contributed by atoms with Crippen molar-refractivity contribution in [2.24, 2.45) is 5.92 Å². The van der Waals surface area contributed by atoms with Gasteiger partial charge in [-0.2, -0.15) is 0 Å². The number of aromatic nitrogens is 3. The molecule has 2 aromatic carbocycles. The second kappa shape index (κ2) is 9.80. The minimum absolute atomic E-state index is 0.00834. The number of hydrogen-bond acceptors (Lipinski definition) is 5. The molecule has 0 saturated heterocycles. The van der Waals surface area contributed by atoms with Crippen molar-refractivity contribution in [3.63, 3.8) is 0 Å². The minimum Gasteiger partial charge on any atom is -0.496 e. The first-order valence-electron chi connectivity index (χ1n) is 10.0. The van der Waals surface area contributed by atoms with Gasteiger partial charge in [-0.15, -0.1) is 10.2 Å². The van der Waals surface area contributed by atoms with Crippen molar-refractivity contribution in [1.29, 1.82) is 0 Å². The van der Waals surface area contributed by atoms with Crippen molar-refractivity contribution in [2.45, 2.75) is 38.1 Å². The fourth-order valence-electron chi connectivity index (χ4n) is 2.94. The van der Waals surface area contributed by atoms with Crippen molar-refractivity contribution in [3.8, 4) is 22.8 Å². The number of carbonyl (C=O) groups is 1. The fourth-order valence-corrected chi connectivity index (χ4v) is 3.83. The summed E-state index contributed by atoms with van der Waals surface area (Å²) in [6.45, 7) is 8.74. The highest BCUT2D eigenvalue weighted by Gasteiger charge is 2.23. The molecule has 0 spiro atoms. The number of carbonyl (C=O) groups excluding carboxylic acids is 1. The third-order valence-electron chi connectivity index (χ3n) is 4.61. The monoisotopic (exact) mass is 424 g/mol. The number of aryl methyl sites for hydroxylation is 1. The summed E-state index contributed by atoms with van der Waals surface area (Å²) in [7, 11) is 1.64. The lowest BCUT2D eigenvalue weighted by molar-refractivity contribution is -0.120. The Morgan fingerprint density at radius 3 is 2.47 bits per heavy atom. The van der Waals surface area contributed by atoms with Crippen LogP contribution in [0.5, 0.6) is 5.75 Å². The summed E-state index contributed by atoms with van der Waals surface area (Å²) < 4.78 is 7.52. The molecule has 1 amide bonds. The topological polar surface area (TPSA) is 69.0 Å². The summed E-state index contributed by atoms with van der Waals surface area (Å²) in [6, 6.07) is 15.9. The quantitative estimate of drug-likeness (QED) is 0.539. The molecule has 0 aliphatic heterocycles. The van der Waals surface area contributed by atoms with Crippen LogP contribution < -0.4 is 10.1 Å². The van der Waals surface area contributed by atoms with Gasteiger partial charge in [0.05, 0.1) is 17.9 Å². The Bertz CT molecular complexity index is 999. The largest absolute Gasteiger partial charge is 0.496 e. The zero-order valence-corrected chi connectivity index (χ0v) is 18.9. The molecular formula is C23H28N4O2S. The van der Waals surface area contributed by atoms with Gasteiger partial charge in [-0.3, -0.25) is 9.36 Å². The number of nitrogens with zero attached hydrogens (tertiary/aromatic N) is 3. The maximum Gasteiger partial charge on any atom is 0.233 e. The number of nitrogens with one attached hydrogen (secondary N) is 1. The van der Waals surface area contributed by atoms with E-state index in [1.807, 2.05) is 54.8 Å². The van der Waals surface area contributed by atoms with E-state index in [0.717, 1.165) is 17.0 Å². The van der Waals surface area contributed by atoms with Crippen LogP contribution >= 0.6 is 11.8 Å². The number of hydrogen-bond donors (Lipinski definition) is 1. The Balaban J connectivity index is 2.01. The molecule has 0 radical (unpaired) electrons. The van der Waals surface area contributed by atoms with Gasteiger partial charge in [0.2, 0.25) is 5.91 Å². The minimum atomic E-state index is -0.303. The molecule has 1 aromatic heterocycles. The third-order valence-corrected chi connectivity index (χ3v) is 5.65. The van der Waals surface area contributed by atoms with Gasteiger partial charge in [0.25, 0.3) is 0 Å². The molecule has 158 valence electrons. The first kappa shape index (κ1) is 21.9. The van der Waals surface area contributed by atoms with E-state index in [9.17, 15) is 4.79 Å². The number of benzene rings is 2. The van der Waals surface area contributed by atoms with Crippen molar-refractivity contribution >= 4 is 17.7 Å². The number of para-hydroxylation sites is 1. The van der Waals surface area contributed by atoms with Crippen LogP contribution in [0.25, 0.3) is 17.1 Å². The maximum atomic E-state index is 12.5. The SMILES string of the molecule is COc1ccccc1-c1nnc(SC(C)C(=O)NCC(C)C)n1-c1ccc(C)cc1. The van der Waals surface area contributed by atoms with Crippen molar-refractivity contribution < 1.29 is 9.53 Å². The van der Waals surface area contributed by atoms with Gasteiger partial charge >= 0.3 is 0 Å². The molecule has 0 fully saturated rings. The second-order valence-corrected chi connectivity index (χ2v) is 8.88. The molecule has 0 aliphatic carbocycles. The Morgan fingerprint density at radius 1 is 1.10 bits per heavy atom. The molecule has 1 atom stereocenters. The lowest BCUT2D eigenvalue weighted by Gasteiger charge is -2.15. The fraction of sp³-hybridized carbons (Fsp3) is 0.348. The highest BCUT2D eigenvalue weighted by molar-refractivity contribution is 8.00. The highest BCUT2D eigenvalue weighted by atomic mass is 32.2. The van der Waals surface area contributed by atoms with E-state index >= 15 is 0 Å². The van der Waals surface area contributed by atoms with Crippen LogP contribution in [0.15, 0.2) is 53.7 Å². The third kappa shape index (κ3) is 5.02. The molecule has 30 heavy (non-hydrogen) atoms. The average Bonchev–Trinajstić information content (AvgIpc) is 3.15. The van der Waals surface area contributed by atoms with Gasteiger partial charge in [0.15, 0.2) is 11.0 Å². The van der Waals surface area contributed by atoms with Crippen LogP contribution in [0.1, 0.15) is 26.3 Å². The lowest BCUT2D eigenvalue weighted by atomic mass is 10.1. The van der Waals surface area contributed by atoms with E-state index in [1.54, 1.807) is 7.11 Å². The van der Waals surface area contributed by atoms with Gasteiger partial charge in [-0.05, 0) is 44.0 Å². The number of thioether (sulfide) groups is 1. The van der Waals surface area contributed by atoms with Crippen molar-refractivity contribution in [2.75, 3.05) is 13.7 Å². The number of methoxy groups -OCH3 is 1. The molecule has 3 rings (SSSR count). The van der Waals surface area contributed by atoms with E-state index in [1.165, 1.54) is 17.3 Å². The summed E-state index contributed by atoms with van der Waals surface area (Å²) >= 11 is 1.39. The predicted molar refractivity (Wildman–Crippen MR) is 121 cm³/mol. The molecule has 0 aliphatic rings. The first-order valence-corrected chi connectivity index (χ1v) is 10.9. The first-order chi connectivity index (χ1) is 14.4. The normalized spacial score (nSPS) is 12.1. The van der Waals surface area contributed by atoms with Crippen LogP contribution in [-0.4, -0.2) is 39.6 Å². The van der Waals surface area contributed by atoms with Gasteiger partial charge in [-0.1, -0.05) is 55.4 Å². The number of rotatable bonds is 8. The molecule has 3 aromatic rings. The lowest BCUT2D eigenvalue weighted by Crippen LogP contribution is -2.33. The van der Waals surface area contributed by atoms with E-state index in [2.05, 4.69) is 41.5 Å². The Labute approximate surface area is 182 Å². The molecule has 1 unspecified atom stereocenters. The smallest absolute Gasteiger partial charge is 0.233 e. The predicted octanol–water partition coefficient (Wildman–Crippen LogP) is 4.50. The highest BCUT2D eigenvalue weighted by Crippen LogP contribution is 2.34. The zero-order valence-electron chi connectivity index (χ0n) is 18.0. The van der Waals surface area contributed by atoms with Crippen molar-refractivity contribution in [3.05, 3.63) is 54.1 Å². The zero-order chi connectivity index (χ0) is 21.7. The summed E-state index contributed by atoms with van der Waals surface area (Å²) in [5, 5.41) is 12.2.